The van der Waals surface area contributed by atoms with Gasteiger partial charge in [-0.15, -0.1) is 10.2 Å². The Labute approximate surface area is 180 Å². The van der Waals surface area contributed by atoms with Crippen molar-refractivity contribution in [3.63, 3.8) is 0 Å². The molecule has 4 rings (SSSR count). The van der Waals surface area contributed by atoms with E-state index in [1.54, 1.807) is 6.07 Å². The molecule has 164 valence electrons. The fourth-order valence-electron chi connectivity index (χ4n) is 4.69. The summed E-state index contributed by atoms with van der Waals surface area (Å²) in [5.74, 6) is 2.39. The van der Waals surface area contributed by atoms with Crippen LogP contribution in [-0.2, 0) is 25.6 Å². The molecule has 4 nitrogen and oxygen atoms in total. The minimum Gasteiger partial charge on any atom is -0.315 e. The minimum atomic E-state index is -4.41. The van der Waals surface area contributed by atoms with E-state index in [2.05, 4.69) is 19.7 Å². The summed E-state index contributed by atoms with van der Waals surface area (Å²) in [6, 6.07) is 4.36. The molecular weight excluding hydrogens is 413 g/mol. The van der Waals surface area contributed by atoms with Gasteiger partial charge in [0.1, 0.15) is 11.6 Å². The van der Waals surface area contributed by atoms with Crippen molar-refractivity contribution in [2.75, 3.05) is 19.6 Å². The maximum atomic E-state index is 13.1. The van der Waals surface area contributed by atoms with Crippen molar-refractivity contribution in [2.45, 2.75) is 70.0 Å². The Morgan fingerprint density at radius 1 is 1.03 bits per heavy atom. The van der Waals surface area contributed by atoms with Crippen molar-refractivity contribution >= 4 is 11.6 Å². The number of hydrogen-bond acceptors (Lipinski definition) is 3. The number of likely N-dealkylation sites (tertiary alicyclic amines) is 1. The molecule has 0 amide bonds. The Hall–Kier alpha value is -1.60. The van der Waals surface area contributed by atoms with Gasteiger partial charge in [0.15, 0.2) is 0 Å². The molecule has 1 saturated heterocycles. The summed E-state index contributed by atoms with van der Waals surface area (Å²) in [7, 11) is 0. The van der Waals surface area contributed by atoms with E-state index in [0.717, 1.165) is 75.5 Å². The van der Waals surface area contributed by atoms with Gasteiger partial charge in [0.2, 0.25) is 0 Å². The lowest BCUT2D eigenvalue weighted by atomic mass is 9.88. The molecule has 30 heavy (non-hydrogen) atoms. The molecule has 2 aliphatic rings. The van der Waals surface area contributed by atoms with Gasteiger partial charge in [0, 0.05) is 19.4 Å². The molecule has 8 heteroatoms. The second-order valence-corrected chi connectivity index (χ2v) is 8.86. The molecule has 2 aliphatic heterocycles. The summed E-state index contributed by atoms with van der Waals surface area (Å²) in [4.78, 5) is 2.41. The van der Waals surface area contributed by atoms with Crippen molar-refractivity contribution < 1.29 is 13.2 Å². The van der Waals surface area contributed by atoms with Gasteiger partial charge in [0.25, 0.3) is 0 Å². The number of nitrogens with zero attached hydrogens (tertiary/aromatic N) is 4. The lowest BCUT2D eigenvalue weighted by Gasteiger charge is -2.32. The smallest absolute Gasteiger partial charge is 0.315 e. The number of alkyl halides is 3. The molecular formula is C22H28ClF3N4. The first-order valence-electron chi connectivity index (χ1n) is 10.9. The topological polar surface area (TPSA) is 34.0 Å². The molecule has 0 saturated carbocycles. The van der Waals surface area contributed by atoms with Gasteiger partial charge in [-0.1, -0.05) is 24.1 Å². The first kappa shape index (κ1) is 21.6. The van der Waals surface area contributed by atoms with E-state index in [1.165, 1.54) is 31.4 Å². The number of aromatic nitrogens is 3. The average Bonchev–Trinajstić information content (AvgIpc) is 2.94. The summed E-state index contributed by atoms with van der Waals surface area (Å²) in [5.41, 5.74) is 0.0223. The third kappa shape index (κ3) is 4.99. The van der Waals surface area contributed by atoms with Gasteiger partial charge in [-0.05, 0) is 75.4 Å². The fraction of sp³-hybridized carbons (Fsp3) is 0.636. The largest absolute Gasteiger partial charge is 0.417 e. The lowest BCUT2D eigenvalue weighted by Crippen LogP contribution is -2.34. The average molecular weight is 441 g/mol. The first-order chi connectivity index (χ1) is 14.4. The standard InChI is InChI=1S/C22H28ClF3N4/c23-19-8-7-17(15-18(19)22(24,25)26)16-9-13-29(14-10-16)11-4-6-21-28-27-20-5-2-1-3-12-30(20)21/h7-8,15-16H,1-6,9-14H2. The molecule has 2 aromatic rings. The highest BCUT2D eigenvalue weighted by atomic mass is 35.5. The van der Waals surface area contributed by atoms with Crippen LogP contribution in [0.15, 0.2) is 18.2 Å². The van der Waals surface area contributed by atoms with Crippen LogP contribution in [0.25, 0.3) is 0 Å². The van der Waals surface area contributed by atoms with Gasteiger partial charge >= 0.3 is 6.18 Å². The van der Waals surface area contributed by atoms with Crippen molar-refractivity contribution in [2.24, 2.45) is 0 Å². The van der Waals surface area contributed by atoms with Crippen LogP contribution in [0.2, 0.25) is 5.02 Å². The lowest BCUT2D eigenvalue weighted by molar-refractivity contribution is -0.137. The number of piperidine rings is 1. The zero-order valence-corrected chi connectivity index (χ0v) is 17.9. The number of aryl methyl sites for hydroxylation is 2. The molecule has 0 atom stereocenters. The predicted molar refractivity (Wildman–Crippen MR) is 111 cm³/mol. The van der Waals surface area contributed by atoms with Crippen LogP contribution in [0.3, 0.4) is 0 Å². The summed E-state index contributed by atoms with van der Waals surface area (Å²) in [6.45, 7) is 3.84. The van der Waals surface area contributed by atoms with Crippen LogP contribution in [0.1, 0.15) is 67.2 Å². The van der Waals surface area contributed by atoms with Gasteiger partial charge < -0.3 is 9.47 Å². The number of rotatable bonds is 5. The Morgan fingerprint density at radius 3 is 2.60 bits per heavy atom. The quantitative estimate of drug-likeness (QED) is 0.616. The van der Waals surface area contributed by atoms with Crippen LogP contribution in [0.5, 0.6) is 0 Å². The zero-order chi connectivity index (χ0) is 21.1. The van der Waals surface area contributed by atoms with Crippen molar-refractivity contribution in [1.29, 1.82) is 0 Å². The Morgan fingerprint density at radius 2 is 1.83 bits per heavy atom. The highest BCUT2D eigenvalue weighted by molar-refractivity contribution is 6.31. The molecule has 0 bridgehead atoms. The van der Waals surface area contributed by atoms with E-state index in [0.29, 0.717) is 0 Å². The maximum Gasteiger partial charge on any atom is 0.417 e. The van der Waals surface area contributed by atoms with E-state index in [-0.39, 0.29) is 10.9 Å². The van der Waals surface area contributed by atoms with Gasteiger partial charge in [-0.25, -0.2) is 0 Å². The second kappa shape index (κ2) is 9.27. The maximum absolute atomic E-state index is 13.1. The zero-order valence-electron chi connectivity index (χ0n) is 17.1. The molecule has 1 aromatic carbocycles. The van der Waals surface area contributed by atoms with Crippen molar-refractivity contribution in [3.8, 4) is 0 Å². The summed E-state index contributed by atoms with van der Waals surface area (Å²) in [6.07, 6.45) is 3.99. The molecule has 0 N–H and O–H groups in total. The van der Waals surface area contributed by atoms with Gasteiger partial charge in [0.05, 0.1) is 10.6 Å². The van der Waals surface area contributed by atoms with Crippen LogP contribution < -0.4 is 0 Å². The van der Waals surface area contributed by atoms with Crippen molar-refractivity contribution in [3.05, 3.63) is 46.0 Å². The van der Waals surface area contributed by atoms with Gasteiger partial charge in [-0.2, -0.15) is 13.2 Å². The van der Waals surface area contributed by atoms with E-state index < -0.39 is 11.7 Å². The third-order valence-corrected chi connectivity index (χ3v) is 6.75. The van der Waals surface area contributed by atoms with Crippen LogP contribution in [-0.4, -0.2) is 39.3 Å². The predicted octanol–water partition coefficient (Wildman–Crippen LogP) is 5.49. The van der Waals surface area contributed by atoms with Crippen LogP contribution in [0, 0.1) is 0 Å². The monoisotopic (exact) mass is 440 g/mol. The van der Waals surface area contributed by atoms with Crippen LogP contribution in [0.4, 0.5) is 13.2 Å². The summed E-state index contributed by atoms with van der Waals surface area (Å²) >= 11 is 5.76. The van der Waals surface area contributed by atoms with E-state index in [9.17, 15) is 13.2 Å². The molecule has 0 aliphatic carbocycles. The Kier molecular flexibility index (Phi) is 6.68. The summed E-state index contributed by atoms with van der Waals surface area (Å²) < 4.78 is 41.7. The van der Waals surface area contributed by atoms with Crippen LogP contribution >= 0.6 is 11.6 Å². The molecule has 3 heterocycles. The number of halogens is 4. The second-order valence-electron chi connectivity index (χ2n) is 8.45. The SMILES string of the molecule is FC(F)(F)c1cc(C2CCN(CCCc3nnc4n3CCCCC4)CC2)ccc1Cl. The Balaban J connectivity index is 1.27. The number of hydrogen-bond donors (Lipinski definition) is 0. The molecule has 0 unspecified atom stereocenters. The van der Waals surface area contributed by atoms with E-state index >= 15 is 0 Å². The summed E-state index contributed by atoms with van der Waals surface area (Å²) in [5, 5.41) is 8.54. The molecule has 0 spiro atoms. The Bertz CT molecular complexity index is 857. The minimum absolute atomic E-state index is 0.159. The normalized spacial score (nSPS) is 18.9. The van der Waals surface area contributed by atoms with Crippen molar-refractivity contribution in [1.82, 2.24) is 19.7 Å². The van der Waals surface area contributed by atoms with Gasteiger partial charge in [-0.3, -0.25) is 0 Å². The number of benzene rings is 1. The molecule has 1 fully saturated rings. The highest BCUT2D eigenvalue weighted by Gasteiger charge is 2.34. The van der Waals surface area contributed by atoms with E-state index in [4.69, 9.17) is 11.6 Å². The fourth-order valence-corrected chi connectivity index (χ4v) is 4.92. The highest BCUT2D eigenvalue weighted by Crippen LogP contribution is 2.38. The van der Waals surface area contributed by atoms with E-state index in [1.807, 2.05) is 0 Å². The molecule has 0 radical (unpaired) electrons. The number of fused-ring (bicyclic) bond motifs is 1. The first-order valence-corrected chi connectivity index (χ1v) is 11.3. The third-order valence-electron chi connectivity index (χ3n) is 6.42. The molecule has 1 aromatic heterocycles.